The summed E-state index contributed by atoms with van der Waals surface area (Å²) in [5.74, 6) is -5.15. The molecule has 39 heavy (non-hydrogen) atoms. The number of rotatable bonds is 18. The van der Waals surface area contributed by atoms with E-state index >= 15 is 0 Å². The summed E-state index contributed by atoms with van der Waals surface area (Å²) in [4.78, 5) is 85.0. The third kappa shape index (κ3) is 12.6. The summed E-state index contributed by atoms with van der Waals surface area (Å²) in [6.07, 6.45) is -1.03. The molecule has 1 aromatic carbocycles. The number of hydrogen-bond donors (Lipinski definition) is 7. The Labute approximate surface area is 226 Å². The molecule has 6 amide bonds. The number of carbonyl (C=O) groups excluding carboxylic acids is 7. The highest BCUT2D eigenvalue weighted by atomic mass is 16.2. The van der Waals surface area contributed by atoms with Crippen LogP contribution in [-0.2, 0) is 40.0 Å². The van der Waals surface area contributed by atoms with Gasteiger partial charge in [-0.05, 0) is 38.8 Å². The Kier molecular flexibility index (Phi) is 13.8. The summed E-state index contributed by atoms with van der Waals surface area (Å²) in [6, 6.07) is 4.49. The molecular formula is C25H37N7O7. The highest BCUT2D eigenvalue weighted by Crippen LogP contribution is 2.07. The second kappa shape index (κ2) is 16.5. The van der Waals surface area contributed by atoms with Crippen LogP contribution in [-0.4, -0.2) is 72.4 Å². The second-order valence-corrected chi connectivity index (χ2v) is 9.01. The van der Waals surface area contributed by atoms with E-state index in [4.69, 9.17) is 17.2 Å². The van der Waals surface area contributed by atoms with E-state index in [0.29, 0.717) is 6.42 Å². The van der Waals surface area contributed by atoms with Crippen molar-refractivity contribution in [3.8, 4) is 0 Å². The lowest BCUT2D eigenvalue weighted by Crippen LogP contribution is -2.58. The van der Waals surface area contributed by atoms with Gasteiger partial charge < -0.3 is 38.5 Å². The zero-order chi connectivity index (χ0) is 29.5. The highest BCUT2D eigenvalue weighted by Gasteiger charge is 2.31. The van der Waals surface area contributed by atoms with Gasteiger partial charge in [0.25, 0.3) is 0 Å². The highest BCUT2D eigenvalue weighted by molar-refractivity contribution is 5.97. The number of amides is 6. The molecule has 0 saturated carbocycles. The zero-order valence-corrected chi connectivity index (χ0v) is 22.0. The first-order valence-electron chi connectivity index (χ1n) is 12.3. The molecule has 0 aliphatic rings. The molecule has 0 fully saturated rings. The number of primary amides is 3. The van der Waals surface area contributed by atoms with Gasteiger partial charge in [-0.1, -0.05) is 30.3 Å². The maximum Gasteiger partial charge on any atom is 0.243 e. The van der Waals surface area contributed by atoms with Crippen molar-refractivity contribution in [3.05, 3.63) is 35.9 Å². The quantitative estimate of drug-likeness (QED) is 0.101. The van der Waals surface area contributed by atoms with E-state index in [1.54, 1.807) is 7.05 Å². The maximum atomic E-state index is 13.1. The van der Waals surface area contributed by atoms with Gasteiger partial charge in [0, 0.05) is 12.8 Å². The number of benzene rings is 1. The number of ketones is 1. The molecule has 214 valence electrons. The first-order chi connectivity index (χ1) is 18.3. The Hall–Kier alpha value is -4.33. The van der Waals surface area contributed by atoms with Gasteiger partial charge in [-0.25, -0.2) is 0 Å². The minimum atomic E-state index is -1.51. The minimum absolute atomic E-state index is 0.0856. The van der Waals surface area contributed by atoms with Crippen LogP contribution >= 0.6 is 0 Å². The Morgan fingerprint density at radius 2 is 1.13 bits per heavy atom. The van der Waals surface area contributed by atoms with Crippen LogP contribution in [0.2, 0.25) is 0 Å². The van der Waals surface area contributed by atoms with Crippen molar-refractivity contribution in [2.45, 2.75) is 69.6 Å². The molecule has 0 aliphatic heterocycles. The number of carbonyl (C=O) groups is 7. The van der Waals surface area contributed by atoms with Crippen molar-refractivity contribution in [2.75, 3.05) is 7.05 Å². The van der Waals surface area contributed by atoms with Crippen LogP contribution in [0.1, 0.15) is 44.6 Å². The predicted octanol–water partition coefficient (Wildman–Crippen LogP) is -2.73. The molecule has 0 radical (unpaired) electrons. The average Bonchev–Trinajstić information content (AvgIpc) is 2.86. The molecule has 1 aromatic rings. The van der Waals surface area contributed by atoms with E-state index in [0.717, 1.165) is 5.56 Å². The van der Waals surface area contributed by atoms with Crippen LogP contribution < -0.4 is 38.5 Å². The van der Waals surface area contributed by atoms with Crippen molar-refractivity contribution in [2.24, 2.45) is 17.2 Å². The summed E-state index contributed by atoms with van der Waals surface area (Å²) in [6.45, 7) is 1.19. The number of hydrogen-bond acceptors (Lipinski definition) is 8. The van der Waals surface area contributed by atoms with Crippen molar-refractivity contribution in [1.29, 1.82) is 0 Å². The molecule has 1 rings (SSSR count). The monoisotopic (exact) mass is 547 g/mol. The van der Waals surface area contributed by atoms with E-state index in [2.05, 4.69) is 21.3 Å². The fourth-order valence-corrected chi connectivity index (χ4v) is 3.62. The zero-order valence-electron chi connectivity index (χ0n) is 22.0. The van der Waals surface area contributed by atoms with Crippen LogP contribution in [0, 0.1) is 0 Å². The predicted molar refractivity (Wildman–Crippen MR) is 140 cm³/mol. The standard InChI is InChI=1S/C25H37N7O7/c1-14(33)16(8-10-20(26)34)30-25(39)19(13-22(28)36)32-23(37)17(9-11-21(27)35)31-24(38)18(29-2)12-15-6-4-3-5-7-15/h3-7,16-19,29H,8-13H2,1-2H3,(H2,26,34)(H2,27,35)(H2,28,36)(H,30,39)(H,31,38)(H,32,37)/t16-,17-,18-,19-/m0/s1. The maximum absolute atomic E-state index is 13.1. The van der Waals surface area contributed by atoms with E-state index in [-0.39, 0.29) is 25.7 Å². The van der Waals surface area contributed by atoms with Crippen LogP contribution in [0.3, 0.4) is 0 Å². The third-order valence-electron chi connectivity index (χ3n) is 5.78. The van der Waals surface area contributed by atoms with Gasteiger partial charge in [-0.2, -0.15) is 0 Å². The smallest absolute Gasteiger partial charge is 0.243 e. The molecule has 10 N–H and O–H groups in total. The molecule has 0 saturated heterocycles. The molecule has 0 heterocycles. The molecule has 4 atom stereocenters. The lowest BCUT2D eigenvalue weighted by atomic mass is 10.0. The van der Waals surface area contributed by atoms with Gasteiger partial charge in [0.05, 0.1) is 18.5 Å². The van der Waals surface area contributed by atoms with E-state index in [1.807, 2.05) is 30.3 Å². The molecule has 0 aliphatic carbocycles. The Morgan fingerprint density at radius 1 is 0.667 bits per heavy atom. The SMILES string of the molecule is CN[C@@H](Cc1ccccc1)C(=O)N[C@@H](CCC(N)=O)C(=O)N[C@@H](CC(N)=O)C(=O)N[C@@H](CCC(N)=O)C(C)=O. The normalized spacial score (nSPS) is 13.7. The summed E-state index contributed by atoms with van der Waals surface area (Å²) in [7, 11) is 1.57. The lowest BCUT2D eigenvalue weighted by Gasteiger charge is -2.25. The molecular weight excluding hydrogens is 510 g/mol. The number of likely N-dealkylation sites (N-methyl/N-ethyl adjacent to an activating group) is 1. The first kappa shape index (κ1) is 32.7. The summed E-state index contributed by atoms with van der Waals surface area (Å²) in [5.41, 5.74) is 16.4. The van der Waals surface area contributed by atoms with Gasteiger partial charge in [-0.15, -0.1) is 0 Å². The molecule has 0 bridgehead atoms. The summed E-state index contributed by atoms with van der Waals surface area (Å²) < 4.78 is 0. The number of nitrogens with two attached hydrogens (primary N) is 3. The van der Waals surface area contributed by atoms with E-state index in [1.165, 1.54) is 6.92 Å². The third-order valence-corrected chi connectivity index (χ3v) is 5.78. The molecule has 14 heteroatoms. The molecule has 0 unspecified atom stereocenters. The Balaban J connectivity index is 3.06. The number of nitrogens with one attached hydrogen (secondary N) is 4. The molecule has 14 nitrogen and oxygen atoms in total. The number of Topliss-reactive ketones (excluding diaryl/α,β-unsaturated/α-hetero) is 1. The average molecular weight is 548 g/mol. The summed E-state index contributed by atoms with van der Waals surface area (Å²) in [5, 5.41) is 10.2. The van der Waals surface area contributed by atoms with Crippen LogP contribution in [0.5, 0.6) is 0 Å². The van der Waals surface area contributed by atoms with Crippen LogP contribution in [0.25, 0.3) is 0 Å². The van der Waals surface area contributed by atoms with Gasteiger partial charge in [0.15, 0.2) is 5.78 Å². The van der Waals surface area contributed by atoms with Crippen molar-refractivity contribution < 1.29 is 33.6 Å². The first-order valence-corrected chi connectivity index (χ1v) is 12.3. The van der Waals surface area contributed by atoms with Gasteiger partial charge in [-0.3, -0.25) is 33.6 Å². The molecule has 0 spiro atoms. The topological polar surface area (TPSA) is 246 Å². The van der Waals surface area contributed by atoms with E-state index in [9.17, 15) is 33.6 Å². The lowest BCUT2D eigenvalue weighted by molar-refractivity contribution is -0.135. The van der Waals surface area contributed by atoms with Gasteiger partial charge >= 0.3 is 0 Å². The largest absolute Gasteiger partial charge is 0.370 e. The Morgan fingerprint density at radius 3 is 1.62 bits per heavy atom. The van der Waals surface area contributed by atoms with Crippen molar-refractivity contribution in [1.82, 2.24) is 21.3 Å². The van der Waals surface area contributed by atoms with Crippen molar-refractivity contribution >= 4 is 41.2 Å². The van der Waals surface area contributed by atoms with Gasteiger partial charge in [0.1, 0.15) is 12.1 Å². The van der Waals surface area contributed by atoms with Crippen molar-refractivity contribution in [3.63, 3.8) is 0 Å². The summed E-state index contributed by atoms with van der Waals surface area (Å²) >= 11 is 0. The fourth-order valence-electron chi connectivity index (χ4n) is 3.62. The fraction of sp³-hybridized carbons (Fsp3) is 0.480. The van der Waals surface area contributed by atoms with Gasteiger partial charge in [0.2, 0.25) is 35.4 Å². The molecule has 0 aromatic heterocycles. The van der Waals surface area contributed by atoms with Crippen LogP contribution in [0.4, 0.5) is 0 Å². The Bertz CT molecular complexity index is 1050. The minimum Gasteiger partial charge on any atom is -0.370 e. The van der Waals surface area contributed by atoms with E-state index < -0.39 is 71.8 Å². The second-order valence-electron chi connectivity index (χ2n) is 9.01. The van der Waals surface area contributed by atoms with Crippen LogP contribution in [0.15, 0.2) is 30.3 Å².